The fraction of sp³-hybridized carbons (Fsp3) is 0.583. The lowest BCUT2D eigenvalue weighted by Crippen LogP contribution is -2.39. The normalized spacial score (nSPS) is 15.1. The minimum absolute atomic E-state index is 0.216. The number of rotatable bonds is 6. The fourth-order valence-electron chi connectivity index (χ4n) is 1.79. The standard InChI is InChI=1S/C12H21N3O/c1-10(9-16-3)15(2)12(8-13)11-4-6-14-7-5-11/h4-7,10,12H,8-9,13H2,1-3H3. The van der Waals surface area contributed by atoms with Crippen LogP contribution in [-0.2, 0) is 4.74 Å². The molecule has 2 N–H and O–H groups in total. The van der Waals surface area contributed by atoms with Gasteiger partial charge in [-0.3, -0.25) is 9.88 Å². The van der Waals surface area contributed by atoms with E-state index in [4.69, 9.17) is 10.5 Å². The van der Waals surface area contributed by atoms with Crippen LogP contribution in [0.1, 0.15) is 18.5 Å². The maximum atomic E-state index is 5.84. The van der Waals surface area contributed by atoms with Crippen LogP contribution in [0.25, 0.3) is 0 Å². The molecule has 0 aliphatic rings. The topological polar surface area (TPSA) is 51.4 Å². The van der Waals surface area contributed by atoms with Gasteiger partial charge in [0, 0.05) is 38.1 Å². The fourth-order valence-corrected chi connectivity index (χ4v) is 1.79. The molecule has 0 radical (unpaired) electrons. The first-order valence-electron chi connectivity index (χ1n) is 5.51. The Bertz CT molecular complexity index is 292. The minimum atomic E-state index is 0.216. The summed E-state index contributed by atoms with van der Waals surface area (Å²) in [6, 6.07) is 4.57. The highest BCUT2D eigenvalue weighted by Crippen LogP contribution is 2.19. The highest BCUT2D eigenvalue weighted by atomic mass is 16.5. The summed E-state index contributed by atoms with van der Waals surface area (Å²) >= 11 is 0. The van der Waals surface area contributed by atoms with Gasteiger partial charge in [0.05, 0.1) is 6.61 Å². The average Bonchev–Trinajstić information content (AvgIpc) is 2.31. The van der Waals surface area contributed by atoms with Crippen LogP contribution >= 0.6 is 0 Å². The maximum absolute atomic E-state index is 5.84. The van der Waals surface area contributed by atoms with Crippen LogP contribution in [-0.4, -0.2) is 43.2 Å². The molecule has 0 aliphatic heterocycles. The van der Waals surface area contributed by atoms with Gasteiger partial charge in [-0.1, -0.05) is 0 Å². The van der Waals surface area contributed by atoms with Crippen LogP contribution in [0.4, 0.5) is 0 Å². The molecule has 0 amide bonds. The van der Waals surface area contributed by atoms with Gasteiger partial charge in [0.1, 0.15) is 0 Å². The molecular formula is C12H21N3O. The Morgan fingerprint density at radius 1 is 1.44 bits per heavy atom. The van der Waals surface area contributed by atoms with Crippen LogP contribution in [0, 0.1) is 0 Å². The molecule has 0 fully saturated rings. The van der Waals surface area contributed by atoms with Crippen LogP contribution in [0.2, 0.25) is 0 Å². The average molecular weight is 223 g/mol. The van der Waals surface area contributed by atoms with E-state index in [2.05, 4.69) is 23.9 Å². The van der Waals surface area contributed by atoms with E-state index in [1.54, 1.807) is 19.5 Å². The molecule has 0 bridgehead atoms. The SMILES string of the molecule is COCC(C)N(C)C(CN)c1ccncc1. The molecule has 0 aliphatic carbocycles. The molecule has 1 aromatic heterocycles. The Hall–Kier alpha value is -0.970. The summed E-state index contributed by atoms with van der Waals surface area (Å²) in [5.74, 6) is 0. The van der Waals surface area contributed by atoms with Crippen molar-refractivity contribution in [2.24, 2.45) is 5.73 Å². The molecule has 1 rings (SSSR count). The van der Waals surface area contributed by atoms with Gasteiger partial charge in [-0.05, 0) is 31.7 Å². The van der Waals surface area contributed by atoms with Gasteiger partial charge in [-0.25, -0.2) is 0 Å². The van der Waals surface area contributed by atoms with E-state index in [-0.39, 0.29) is 6.04 Å². The second kappa shape index (κ2) is 6.58. The van der Waals surface area contributed by atoms with Crippen molar-refractivity contribution in [1.82, 2.24) is 9.88 Å². The Balaban J connectivity index is 2.74. The van der Waals surface area contributed by atoms with Crippen molar-refractivity contribution in [2.75, 3.05) is 27.3 Å². The van der Waals surface area contributed by atoms with E-state index >= 15 is 0 Å². The van der Waals surface area contributed by atoms with E-state index in [1.165, 1.54) is 5.56 Å². The Labute approximate surface area is 97.4 Å². The molecule has 0 spiro atoms. The molecule has 90 valence electrons. The predicted molar refractivity (Wildman–Crippen MR) is 65.1 cm³/mol. The van der Waals surface area contributed by atoms with Crippen molar-refractivity contribution >= 4 is 0 Å². The van der Waals surface area contributed by atoms with Crippen LogP contribution < -0.4 is 5.73 Å². The van der Waals surface area contributed by atoms with Crippen LogP contribution in [0.3, 0.4) is 0 Å². The lowest BCUT2D eigenvalue weighted by atomic mass is 10.1. The second-order valence-electron chi connectivity index (χ2n) is 4.00. The van der Waals surface area contributed by atoms with Crippen molar-refractivity contribution in [3.05, 3.63) is 30.1 Å². The number of hydrogen-bond acceptors (Lipinski definition) is 4. The molecule has 2 unspecified atom stereocenters. The van der Waals surface area contributed by atoms with Gasteiger partial charge in [-0.15, -0.1) is 0 Å². The molecule has 1 heterocycles. The lowest BCUT2D eigenvalue weighted by Gasteiger charge is -2.32. The van der Waals surface area contributed by atoms with Gasteiger partial charge in [-0.2, -0.15) is 0 Å². The first-order chi connectivity index (χ1) is 7.70. The van der Waals surface area contributed by atoms with E-state index < -0.39 is 0 Å². The molecule has 2 atom stereocenters. The van der Waals surface area contributed by atoms with Crippen molar-refractivity contribution in [1.29, 1.82) is 0 Å². The van der Waals surface area contributed by atoms with Crippen molar-refractivity contribution in [3.8, 4) is 0 Å². The highest BCUT2D eigenvalue weighted by Gasteiger charge is 2.19. The quantitative estimate of drug-likeness (QED) is 0.783. The van der Waals surface area contributed by atoms with Gasteiger partial charge in [0.2, 0.25) is 0 Å². The van der Waals surface area contributed by atoms with Gasteiger partial charge in [0.25, 0.3) is 0 Å². The maximum Gasteiger partial charge on any atom is 0.0615 e. The predicted octanol–water partition coefficient (Wildman–Crippen LogP) is 1.05. The molecule has 16 heavy (non-hydrogen) atoms. The first-order valence-corrected chi connectivity index (χ1v) is 5.51. The summed E-state index contributed by atoms with van der Waals surface area (Å²) in [6.45, 7) is 3.43. The monoisotopic (exact) mass is 223 g/mol. The number of pyridine rings is 1. The smallest absolute Gasteiger partial charge is 0.0615 e. The van der Waals surface area contributed by atoms with Crippen molar-refractivity contribution < 1.29 is 4.74 Å². The molecule has 1 aromatic rings. The summed E-state index contributed by atoms with van der Waals surface area (Å²) in [7, 11) is 3.79. The Kier molecular flexibility index (Phi) is 5.38. The number of aromatic nitrogens is 1. The van der Waals surface area contributed by atoms with Crippen molar-refractivity contribution in [2.45, 2.75) is 19.0 Å². The number of methoxy groups -OCH3 is 1. The minimum Gasteiger partial charge on any atom is -0.383 e. The summed E-state index contributed by atoms with van der Waals surface area (Å²) in [4.78, 5) is 6.25. The Morgan fingerprint density at radius 2 is 2.06 bits per heavy atom. The second-order valence-corrected chi connectivity index (χ2v) is 4.00. The van der Waals surface area contributed by atoms with E-state index in [1.807, 2.05) is 12.1 Å². The first kappa shape index (κ1) is 13.1. The van der Waals surface area contributed by atoms with Gasteiger partial charge in [0.15, 0.2) is 0 Å². The zero-order valence-electron chi connectivity index (χ0n) is 10.3. The third-order valence-electron chi connectivity index (χ3n) is 2.91. The Morgan fingerprint density at radius 3 is 2.56 bits per heavy atom. The molecule has 4 nitrogen and oxygen atoms in total. The van der Waals surface area contributed by atoms with Crippen LogP contribution in [0.15, 0.2) is 24.5 Å². The summed E-state index contributed by atoms with van der Waals surface area (Å²) in [5.41, 5.74) is 7.03. The molecule has 0 saturated heterocycles. The molecule has 4 heteroatoms. The van der Waals surface area contributed by atoms with E-state index in [0.717, 1.165) is 0 Å². The molecular weight excluding hydrogens is 202 g/mol. The highest BCUT2D eigenvalue weighted by molar-refractivity contribution is 5.15. The summed E-state index contributed by atoms with van der Waals surface area (Å²) < 4.78 is 5.16. The van der Waals surface area contributed by atoms with Gasteiger partial charge >= 0.3 is 0 Å². The van der Waals surface area contributed by atoms with E-state index in [0.29, 0.717) is 19.2 Å². The summed E-state index contributed by atoms with van der Waals surface area (Å²) in [6.07, 6.45) is 3.60. The number of hydrogen-bond donors (Lipinski definition) is 1. The van der Waals surface area contributed by atoms with E-state index in [9.17, 15) is 0 Å². The number of likely N-dealkylation sites (N-methyl/N-ethyl adjacent to an activating group) is 1. The van der Waals surface area contributed by atoms with Gasteiger partial charge < -0.3 is 10.5 Å². The summed E-state index contributed by atoms with van der Waals surface area (Å²) in [5, 5.41) is 0. The third kappa shape index (κ3) is 3.27. The zero-order valence-corrected chi connectivity index (χ0v) is 10.3. The zero-order chi connectivity index (χ0) is 12.0. The number of ether oxygens (including phenoxy) is 1. The number of nitrogens with two attached hydrogens (primary N) is 1. The lowest BCUT2D eigenvalue weighted by molar-refractivity contribution is 0.0910. The number of nitrogens with zero attached hydrogens (tertiary/aromatic N) is 2. The molecule has 0 saturated carbocycles. The largest absolute Gasteiger partial charge is 0.383 e. The van der Waals surface area contributed by atoms with Crippen LogP contribution in [0.5, 0.6) is 0 Å². The third-order valence-corrected chi connectivity index (χ3v) is 2.91. The molecule has 0 aromatic carbocycles. The van der Waals surface area contributed by atoms with Crippen molar-refractivity contribution in [3.63, 3.8) is 0 Å².